The van der Waals surface area contributed by atoms with Gasteiger partial charge in [-0.1, -0.05) is 19.1 Å². The summed E-state index contributed by atoms with van der Waals surface area (Å²) in [4.78, 5) is 4.35. The van der Waals surface area contributed by atoms with Crippen LogP contribution in [0.15, 0.2) is 28.7 Å². The summed E-state index contributed by atoms with van der Waals surface area (Å²) in [7, 11) is 0. The molecule has 0 aliphatic carbocycles. The molecule has 0 aliphatic rings. The Hall–Kier alpha value is -1.02. The van der Waals surface area contributed by atoms with E-state index in [1.54, 1.807) is 0 Å². The quantitative estimate of drug-likeness (QED) is 0.725. The molecule has 2 aromatic rings. The van der Waals surface area contributed by atoms with Crippen molar-refractivity contribution in [3.8, 4) is 0 Å². The minimum absolute atomic E-state index is 0.114. The fourth-order valence-corrected chi connectivity index (χ4v) is 1.47. The summed E-state index contributed by atoms with van der Waals surface area (Å²) in [6, 6.07) is 7.75. The van der Waals surface area contributed by atoms with Crippen molar-refractivity contribution in [2.24, 2.45) is 0 Å². The molecule has 3 heteroatoms. The molecule has 0 fully saturated rings. The third kappa shape index (κ3) is 1.90. The first kappa shape index (κ1) is 9.53. The number of halogens is 1. The Balaban J connectivity index is 2.27. The minimum atomic E-state index is 0.114. The Kier molecular flexibility index (Phi) is 2.73. The van der Waals surface area contributed by atoms with E-state index in [1.165, 1.54) is 0 Å². The zero-order valence-corrected chi connectivity index (χ0v) is 8.79. The zero-order chi connectivity index (χ0) is 9.97. The summed E-state index contributed by atoms with van der Waals surface area (Å²) in [6.07, 6.45) is 1.63. The molecule has 0 aliphatic heterocycles. The van der Waals surface area contributed by atoms with E-state index in [0.29, 0.717) is 6.42 Å². The standard InChI is InChI=1S/C11H12ClNO/c1-2-8(12)7-11-13-9-5-3-4-6-10(9)14-11/h3-6,8H,2,7H2,1H3. The first-order chi connectivity index (χ1) is 6.79. The van der Waals surface area contributed by atoms with E-state index in [0.717, 1.165) is 23.4 Å². The van der Waals surface area contributed by atoms with Gasteiger partial charge in [-0.2, -0.15) is 0 Å². The summed E-state index contributed by atoms with van der Waals surface area (Å²) in [5, 5.41) is 0.114. The van der Waals surface area contributed by atoms with Crippen molar-refractivity contribution in [1.82, 2.24) is 4.98 Å². The molecule has 0 radical (unpaired) electrons. The largest absolute Gasteiger partial charge is 0.441 e. The highest BCUT2D eigenvalue weighted by Gasteiger charge is 2.09. The minimum Gasteiger partial charge on any atom is -0.441 e. The number of hydrogen-bond acceptors (Lipinski definition) is 2. The van der Waals surface area contributed by atoms with Crippen LogP contribution in [-0.2, 0) is 6.42 Å². The SMILES string of the molecule is CCC(Cl)Cc1nc2ccccc2o1. The summed E-state index contributed by atoms with van der Waals surface area (Å²) in [5.74, 6) is 0.730. The lowest BCUT2D eigenvalue weighted by Gasteiger charge is -2.00. The molecule has 0 spiro atoms. The molecule has 0 N–H and O–H groups in total. The highest BCUT2D eigenvalue weighted by Crippen LogP contribution is 2.17. The summed E-state index contributed by atoms with van der Waals surface area (Å²) >= 11 is 6.03. The van der Waals surface area contributed by atoms with Crippen LogP contribution in [0.25, 0.3) is 11.1 Å². The van der Waals surface area contributed by atoms with E-state index >= 15 is 0 Å². The van der Waals surface area contributed by atoms with E-state index in [9.17, 15) is 0 Å². The first-order valence-electron chi connectivity index (χ1n) is 4.78. The predicted molar refractivity (Wildman–Crippen MR) is 57.6 cm³/mol. The van der Waals surface area contributed by atoms with Crippen molar-refractivity contribution in [2.75, 3.05) is 0 Å². The van der Waals surface area contributed by atoms with Crippen molar-refractivity contribution < 1.29 is 4.42 Å². The highest BCUT2D eigenvalue weighted by atomic mass is 35.5. The van der Waals surface area contributed by atoms with Gasteiger partial charge in [-0.15, -0.1) is 11.6 Å². The van der Waals surface area contributed by atoms with Gasteiger partial charge in [0.2, 0.25) is 0 Å². The van der Waals surface area contributed by atoms with Crippen molar-refractivity contribution in [2.45, 2.75) is 25.1 Å². The predicted octanol–water partition coefficient (Wildman–Crippen LogP) is 3.39. The zero-order valence-electron chi connectivity index (χ0n) is 8.03. The molecule has 1 aromatic carbocycles. The number of hydrogen-bond donors (Lipinski definition) is 0. The van der Waals surface area contributed by atoms with E-state index in [4.69, 9.17) is 16.0 Å². The summed E-state index contributed by atoms with van der Waals surface area (Å²) in [6.45, 7) is 2.06. The number of nitrogens with zero attached hydrogens (tertiary/aromatic N) is 1. The van der Waals surface area contributed by atoms with Gasteiger partial charge in [-0.3, -0.25) is 0 Å². The van der Waals surface area contributed by atoms with Crippen LogP contribution < -0.4 is 0 Å². The van der Waals surface area contributed by atoms with Gasteiger partial charge in [-0.05, 0) is 18.6 Å². The molecule has 0 amide bonds. The second-order valence-corrected chi connectivity index (χ2v) is 3.90. The molecule has 1 heterocycles. The van der Waals surface area contributed by atoms with Crippen molar-refractivity contribution in [1.29, 1.82) is 0 Å². The van der Waals surface area contributed by atoms with E-state index in [1.807, 2.05) is 24.3 Å². The second-order valence-electron chi connectivity index (χ2n) is 3.28. The molecular formula is C11H12ClNO. The Morgan fingerprint density at radius 1 is 1.43 bits per heavy atom. The maximum Gasteiger partial charge on any atom is 0.196 e. The summed E-state index contributed by atoms with van der Waals surface area (Å²) in [5.41, 5.74) is 1.74. The number of aromatic nitrogens is 1. The maximum atomic E-state index is 6.03. The Morgan fingerprint density at radius 2 is 2.21 bits per heavy atom. The number of benzene rings is 1. The third-order valence-corrected chi connectivity index (χ3v) is 2.64. The monoisotopic (exact) mass is 209 g/mol. The lowest BCUT2D eigenvalue weighted by atomic mass is 10.2. The second kappa shape index (κ2) is 4.01. The van der Waals surface area contributed by atoms with Crippen LogP contribution in [0.3, 0.4) is 0 Å². The van der Waals surface area contributed by atoms with E-state index in [2.05, 4.69) is 11.9 Å². The molecule has 0 bridgehead atoms. The lowest BCUT2D eigenvalue weighted by molar-refractivity contribution is 0.520. The molecule has 0 saturated carbocycles. The maximum absolute atomic E-state index is 6.03. The van der Waals surface area contributed by atoms with Gasteiger partial charge in [0.15, 0.2) is 11.5 Å². The fourth-order valence-electron chi connectivity index (χ4n) is 1.34. The van der Waals surface area contributed by atoms with Crippen LogP contribution in [0, 0.1) is 0 Å². The molecule has 0 saturated heterocycles. The molecule has 1 atom stereocenters. The number of oxazole rings is 1. The lowest BCUT2D eigenvalue weighted by Crippen LogP contribution is -2.00. The molecule has 1 aromatic heterocycles. The average molecular weight is 210 g/mol. The normalized spacial score (nSPS) is 13.3. The van der Waals surface area contributed by atoms with Gasteiger partial charge < -0.3 is 4.42 Å². The number of rotatable bonds is 3. The molecule has 1 unspecified atom stereocenters. The van der Waals surface area contributed by atoms with Crippen molar-refractivity contribution >= 4 is 22.7 Å². The smallest absolute Gasteiger partial charge is 0.196 e. The average Bonchev–Trinajstić information content (AvgIpc) is 2.59. The van der Waals surface area contributed by atoms with Gasteiger partial charge in [0.1, 0.15) is 5.52 Å². The van der Waals surface area contributed by atoms with Crippen LogP contribution in [0.1, 0.15) is 19.2 Å². The Labute approximate surface area is 87.9 Å². The van der Waals surface area contributed by atoms with Gasteiger partial charge in [-0.25, -0.2) is 4.98 Å². The number of fused-ring (bicyclic) bond motifs is 1. The topological polar surface area (TPSA) is 26.0 Å². The Bertz CT molecular complexity index is 391. The molecular weight excluding hydrogens is 198 g/mol. The molecule has 2 rings (SSSR count). The number of alkyl halides is 1. The van der Waals surface area contributed by atoms with Crippen LogP contribution >= 0.6 is 11.6 Å². The fraction of sp³-hybridized carbons (Fsp3) is 0.364. The third-order valence-electron chi connectivity index (χ3n) is 2.18. The van der Waals surface area contributed by atoms with Crippen molar-refractivity contribution in [3.63, 3.8) is 0 Å². The van der Waals surface area contributed by atoms with E-state index < -0.39 is 0 Å². The number of para-hydroxylation sites is 2. The van der Waals surface area contributed by atoms with Crippen LogP contribution in [-0.4, -0.2) is 10.4 Å². The Morgan fingerprint density at radius 3 is 2.93 bits per heavy atom. The molecule has 14 heavy (non-hydrogen) atoms. The molecule has 74 valence electrons. The van der Waals surface area contributed by atoms with Crippen LogP contribution in [0.4, 0.5) is 0 Å². The van der Waals surface area contributed by atoms with Crippen LogP contribution in [0.2, 0.25) is 0 Å². The van der Waals surface area contributed by atoms with Gasteiger partial charge >= 0.3 is 0 Å². The summed E-state index contributed by atoms with van der Waals surface area (Å²) < 4.78 is 5.54. The van der Waals surface area contributed by atoms with Gasteiger partial charge in [0.25, 0.3) is 0 Å². The van der Waals surface area contributed by atoms with E-state index in [-0.39, 0.29) is 5.38 Å². The van der Waals surface area contributed by atoms with Crippen LogP contribution in [0.5, 0.6) is 0 Å². The van der Waals surface area contributed by atoms with Gasteiger partial charge in [0.05, 0.1) is 0 Å². The molecule has 2 nitrogen and oxygen atoms in total. The highest BCUT2D eigenvalue weighted by molar-refractivity contribution is 6.20. The van der Waals surface area contributed by atoms with Gasteiger partial charge in [0, 0.05) is 11.8 Å². The first-order valence-corrected chi connectivity index (χ1v) is 5.21. The van der Waals surface area contributed by atoms with Crippen molar-refractivity contribution in [3.05, 3.63) is 30.2 Å².